The molecule has 1 fully saturated rings. The van der Waals surface area contributed by atoms with E-state index in [1.165, 1.54) is 11.1 Å². The van der Waals surface area contributed by atoms with Gasteiger partial charge in [-0.2, -0.15) is 0 Å². The van der Waals surface area contributed by atoms with Crippen molar-refractivity contribution in [1.82, 2.24) is 10.6 Å². The highest BCUT2D eigenvalue weighted by Crippen LogP contribution is 2.28. The Balaban J connectivity index is 1.65. The van der Waals surface area contributed by atoms with E-state index in [0.717, 1.165) is 25.9 Å². The van der Waals surface area contributed by atoms with Crippen molar-refractivity contribution in [3.63, 3.8) is 0 Å². The number of amides is 1. The molecule has 0 bridgehead atoms. The molecule has 1 aliphatic carbocycles. The van der Waals surface area contributed by atoms with Crippen molar-refractivity contribution >= 4 is 5.91 Å². The van der Waals surface area contributed by atoms with E-state index in [1.54, 1.807) is 7.11 Å². The van der Waals surface area contributed by atoms with Crippen LogP contribution in [0.1, 0.15) is 24.0 Å². The van der Waals surface area contributed by atoms with Gasteiger partial charge < -0.3 is 15.4 Å². The highest BCUT2D eigenvalue weighted by molar-refractivity contribution is 5.80. The summed E-state index contributed by atoms with van der Waals surface area (Å²) in [5.74, 6) is 0.504. The number of ether oxygens (including phenoxy) is 1. The van der Waals surface area contributed by atoms with Crippen molar-refractivity contribution in [2.24, 2.45) is 5.92 Å². The summed E-state index contributed by atoms with van der Waals surface area (Å²) in [7, 11) is 1.71. The lowest BCUT2D eigenvalue weighted by Gasteiger charge is -2.10. The Kier molecular flexibility index (Phi) is 5.36. The summed E-state index contributed by atoms with van der Waals surface area (Å²) in [6, 6.07) is 8.23. The van der Waals surface area contributed by atoms with Crippen LogP contribution in [0.4, 0.5) is 0 Å². The highest BCUT2D eigenvalue weighted by Gasteiger charge is 2.28. The Morgan fingerprint density at radius 2 is 2.00 bits per heavy atom. The topological polar surface area (TPSA) is 50.4 Å². The fourth-order valence-electron chi connectivity index (χ4n) is 2.01. The molecule has 0 aliphatic heterocycles. The zero-order chi connectivity index (χ0) is 13.5. The van der Waals surface area contributed by atoms with Crippen LogP contribution in [0.25, 0.3) is 0 Å². The van der Waals surface area contributed by atoms with Crippen LogP contribution in [0, 0.1) is 5.92 Å². The van der Waals surface area contributed by atoms with E-state index in [9.17, 15) is 4.79 Å². The van der Waals surface area contributed by atoms with E-state index in [2.05, 4.69) is 22.8 Å². The Bertz CT molecular complexity index is 416. The van der Waals surface area contributed by atoms with Crippen molar-refractivity contribution in [3.05, 3.63) is 35.4 Å². The van der Waals surface area contributed by atoms with Gasteiger partial charge in [0.15, 0.2) is 0 Å². The number of rotatable bonds is 8. The van der Waals surface area contributed by atoms with Gasteiger partial charge in [-0.25, -0.2) is 0 Å². The lowest BCUT2D eigenvalue weighted by atomic mass is 10.1. The minimum absolute atomic E-state index is 0.210. The van der Waals surface area contributed by atoms with Crippen LogP contribution in [-0.2, 0) is 22.7 Å². The molecule has 0 unspecified atom stereocenters. The SMILES string of the molecule is COCc1ccccc1CNCCNC(=O)C1CC1. The zero-order valence-corrected chi connectivity index (χ0v) is 11.4. The standard InChI is InChI=1S/C15H22N2O2/c1-19-11-14-5-3-2-4-13(14)10-16-8-9-17-15(18)12-6-7-12/h2-5,12,16H,6-11H2,1H3,(H,17,18). The minimum atomic E-state index is 0.210. The molecule has 1 amide bonds. The molecule has 2 rings (SSSR count). The minimum Gasteiger partial charge on any atom is -0.380 e. The number of hydrogen-bond acceptors (Lipinski definition) is 3. The van der Waals surface area contributed by atoms with E-state index >= 15 is 0 Å². The van der Waals surface area contributed by atoms with Crippen LogP contribution in [0.3, 0.4) is 0 Å². The number of nitrogens with one attached hydrogen (secondary N) is 2. The van der Waals surface area contributed by atoms with Gasteiger partial charge in [-0.05, 0) is 24.0 Å². The first-order valence-electron chi connectivity index (χ1n) is 6.85. The largest absolute Gasteiger partial charge is 0.380 e. The van der Waals surface area contributed by atoms with Crippen LogP contribution in [-0.4, -0.2) is 26.1 Å². The van der Waals surface area contributed by atoms with E-state index in [-0.39, 0.29) is 5.91 Å². The van der Waals surface area contributed by atoms with Crippen molar-refractivity contribution in [2.75, 3.05) is 20.2 Å². The summed E-state index contributed by atoms with van der Waals surface area (Å²) in [5, 5.41) is 6.29. The highest BCUT2D eigenvalue weighted by atomic mass is 16.5. The molecule has 1 saturated carbocycles. The molecule has 0 heterocycles. The number of carbonyl (C=O) groups excluding carboxylic acids is 1. The average molecular weight is 262 g/mol. The molecule has 4 nitrogen and oxygen atoms in total. The summed E-state index contributed by atoms with van der Waals surface area (Å²) >= 11 is 0. The van der Waals surface area contributed by atoms with E-state index < -0.39 is 0 Å². The predicted molar refractivity (Wildman–Crippen MR) is 74.6 cm³/mol. The van der Waals surface area contributed by atoms with Crippen molar-refractivity contribution < 1.29 is 9.53 Å². The van der Waals surface area contributed by atoms with Gasteiger partial charge >= 0.3 is 0 Å². The van der Waals surface area contributed by atoms with E-state index in [0.29, 0.717) is 19.1 Å². The van der Waals surface area contributed by atoms with Gasteiger partial charge in [0.1, 0.15) is 0 Å². The summed E-state index contributed by atoms with van der Waals surface area (Å²) in [4.78, 5) is 11.4. The first kappa shape index (κ1) is 14.0. The molecular weight excluding hydrogens is 240 g/mol. The fourth-order valence-corrected chi connectivity index (χ4v) is 2.01. The number of carbonyl (C=O) groups is 1. The Morgan fingerprint density at radius 1 is 1.26 bits per heavy atom. The molecule has 0 atom stereocenters. The van der Waals surface area contributed by atoms with E-state index in [4.69, 9.17) is 4.74 Å². The summed E-state index contributed by atoms with van der Waals surface area (Å²) in [5.41, 5.74) is 2.46. The quantitative estimate of drug-likeness (QED) is 0.697. The summed E-state index contributed by atoms with van der Waals surface area (Å²) in [6.45, 7) is 2.93. The molecule has 0 saturated heterocycles. The molecule has 19 heavy (non-hydrogen) atoms. The van der Waals surface area contributed by atoms with Gasteiger partial charge in [0.25, 0.3) is 0 Å². The van der Waals surface area contributed by atoms with Crippen LogP contribution < -0.4 is 10.6 Å². The molecule has 1 aromatic rings. The Hall–Kier alpha value is -1.39. The van der Waals surface area contributed by atoms with Crippen LogP contribution in [0.2, 0.25) is 0 Å². The third-order valence-corrected chi connectivity index (χ3v) is 3.28. The maximum Gasteiger partial charge on any atom is 0.223 e. The van der Waals surface area contributed by atoms with Gasteiger partial charge in [-0.3, -0.25) is 4.79 Å². The number of methoxy groups -OCH3 is 1. The van der Waals surface area contributed by atoms with Crippen LogP contribution >= 0.6 is 0 Å². The molecule has 2 N–H and O–H groups in total. The lowest BCUT2D eigenvalue weighted by Crippen LogP contribution is -2.32. The molecule has 0 aromatic heterocycles. The van der Waals surface area contributed by atoms with E-state index in [1.807, 2.05) is 12.1 Å². The average Bonchev–Trinajstić information content (AvgIpc) is 3.24. The molecule has 1 aromatic carbocycles. The van der Waals surface area contributed by atoms with Gasteiger partial charge in [-0.15, -0.1) is 0 Å². The molecular formula is C15H22N2O2. The normalized spacial score (nSPS) is 14.4. The van der Waals surface area contributed by atoms with Crippen molar-refractivity contribution in [2.45, 2.75) is 26.0 Å². The smallest absolute Gasteiger partial charge is 0.223 e. The third kappa shape index (κ3) is 4.65. The molecule has 0 radical (unpaired) electrons. The van der Waals surface area contributed by atoms with Gasteiger partial charge in [0.2, 0.25) is 5.91 Å². The maximum atomic E-state index is 11.4. The summed E-state index contributed by atoms with van der Waals surface area (Å²) in [6.07, 6.45) is 2.12. The molecule has 1 aliphatic rings. The fraction of sp³-hybridized carbons (Fsp3) is 0.533. The third-order valence-electron chi connectivity index (χ3n) is 3.28. The van der Waals surface area contributed by atoms with Gasteiger partial charge in [0.05, 0.1) is 6.61 Å². The Morgan fingerprint density at radius 3 is 2.68 bits per heavy atom. The Labute approximate surface area is 114 Å². The zero-order valence-electron chi connectivity index (χ0n) is 11.4. The molecule has 4 heteroatoms. The molecule has 0 spiro atoms. The predicted octanol–water partition coefficient (Wildman–Crippen LogP) is 1.45. The van der Waals surface area contributed by atoms with Gasteiger partial charge in [-0.1, -0.05) is 24.3 Å². The van der Waals surface area contributed by atoms with Crippen molar-refractivity contribution in [3.8, 4) is 0 Å². The first-order valence-corrected chi connectivity index (χ1v) is 6.85. The second kappa shape index (κ2) is 7.26. The lowest BCUT2D eigenvalue weighted by molar-refractivity contribution is -0.122. The van der Waals surface area contributed by atoms with Crippen LogP contribution in [0.15, 0.2) is 24.3 Å². The summed E-state index contributed by atoms with van der Waals surface area (Å²) < 4.78 is 5.18. The van der Waals surface area contributed by atoms with Crippen molar-refractivity contribution in [1.29, 1.82) is 0 Å². The monoisotopic (exact) mass is 262 g/mol. The number of benzene rings is 1. The second-order valence-corrected chi connectivity index (χ2v) is 4.94. The number of hydrogen-bond donors (Lipinski definition) is 2. The second-order valence-electron chi connectivity index (χ2n) is 4.94. The molecule has 104 valence electrons. The maximum absolute atomic E-state index is 11.4. The van der Waals surface area contributed by atoms with Gasteiger partial charge in [0, 0.05) is 32.7 Å². The van der Waals surface area contributed by atoms with Crippen LogP contribution in [0.5, 0.6) is 0 Å². The first-order chi connectivity index (χ1) is 9.31.